The Morgan fingerprint density at radius 2 is 1.27 bits per heavy atom. The molecule has 0 fully saturated rings. The van der Waals surface area contributed by atoms with Gasteiger partial charge in [-0.2, -0.15) is 5.26 Å². The molecule has 0 aliphatic carbocycles. The number of hydrogen-bond donors (Lipinski definition) is 2. The Balaban J connectivity index is 1.30. The largest absolute Gasteiger partial charge is 0.492 e. The van der Waals surface area contributed by atoms with Crippen molar-refractivity contribution in [2.45, 2.75) is 12.8 Å². The number of nitrogens with one attached hydrogen (secondary N) is 2. The van der Waals surface area contributed by atoms with Gasteiger partial charge in [-0.1, -0.05) is 72.8 Å². The van der Waals surface area contributed by atoms with E-state index >= 15 is 0 Å². The topological polar surface area (TPSA) is 100 Å². The van der Waals surface area contributed by atoms with Gasteiger partial charge in [0, 0.05) is 5.56 Å². The van der Waals surface area contributed by atoms with E-state index in [0.29, 0.717) is 49.6 Å². The van der Waals surface area contributed by atoms with Crippen molar-refractivity contribution in [1.82, 2.24) is 10.6 Å². The molecule has 4 aromatic carbocycles. The molecule has 2 amide bonds. The molecule has 202 valence electrons. The molecular weight excluding hydrogens is 502 g/mol. The predicted octanol–water partition coefficient (Wildman–Crippen LogP) is 4.70. The lowest BCUT2D eigenvalue weighted by molar-refractivity contribution is -0.121. The van der Waals surface area contributed by atoms with Crippen molar-refractivity contribution < 1.29 is 19.1 Å². The number of benzene rings is 4. The quantitative estimate of drug-likeness (QED) is 0.243. The highest BCUT2D eigenvalue weighted by Crippen LogP contribution is 2.33. The number of nitriles is 1. The molecule has 0 spiro atoms. The molecule has 0 aliphatic heterocycles. The summed E-state index contributed by atoms with van der Waals surface area (Å²) in [6.45, 7) is 1.32. The van der Waals surface area contributed by atoms with Gasteiger partial charge in [0.2, 0.25) is 11.8 Å². The second-order valence-electron chi connectivity index (χ2n) is 9.07. The van der Waals surface area contributed by atoms with Gasteiger partial charge >= 0.3 is 0 Å². The molecule has 7 heteroatoms. The second-order valence-corrected chi connectivity index (χ2v) is 9.07. The minimum Gasteiger partial charge on any atom is -0.492 e. The molecular formula is C33H31N3O4. The highest BCUT2D eigenvalue weighted by Gasteiger charge is 2.11. The van der Waals surface area contributed by atoms with Crippen molar-refractivity contribution in [3.8, 4) is 28.7 Å². The molecule has 7 nitrogen and oxygen atoms in total. The lowest BCUT2D eigenvalue weighted by Crippen LogP contribution is -2.29. The molecule has 4 aromatic rings. The van der Waals surface area contributed by atoms with Crippen LogP contribution in [0.5, 0.6) is 11.5 Å². The average Bonchev–Trinajstić information content (AvgIpc) is 2.99. The first-order valence-corrected chi connectivity index (χ1v) is 13.1. The zero-order valence-corrected chi connectivity index (χ0v) is 22.1. The van der Waals surface area contributed by atoms with Gasteiger partial charge in [-0.15, -0.1) is 0 Å². The van der Waals surface area contributed by atoms with Crippen LogP contribution < -0.4 is 20.1 Å². The lowest BCUT2D eigenvalue weighted by atomic mass is 10.0. The van der Waals surface area contributed by atoms with Crippen molar-refractivity contribution in [2.75, 3.05) is 26.3 Å². The van der Waals surface area contributed by atoms with E-state index in [0.717, 1.165) is 22.3 Å². The maximum atomic E-state index is 12.2. The van der Waals surface area contributed by atoms with E-state index in [-0.39, 0.29) is 18.4 Å². The maximum Gasteiger partial charge on any atom is 0.224 e. The molecule has 4 rings (SSSR count). The summed E-state index contributed by atoms with van der Waals surface area (Å²) < 4.78 is 11.9. The van der Waals surface area contributed by atoms with Crippen LogP contribution in [0.4, 0.5) is 0 Å². The van der Waals surface area contributed by atoms with E-state index < -0.39 is 0 Å². The predicted molar refractivity (Wildman–Crippen MR) is 154 cm³/mol. The summed E-state index contributed by atoms with van der Waals surface area (Å²) in [7, 11) is 0. The maximum absolute atomic E-state index is 12.2. The van der Waals surface area contributed by atoms with Crippen LogP contribution in [0.3, 0.4) is 0 Å². The van der Waals surface area contributed by atoms with Gasteiger partial charge in [-0.3, -0.25) is 9.59 Å². The molecule has 0 saturated carbocycles. The van der Waals surface area contributed by atoms with Crippen molar-refractivity contribution in [1.29, 1.82) is 5.26 Å². The van der Waals surface area contributed by atoms with Gasteiger partial charge < -0.3 is 20.1 Å². The number of rotatable bonds is 13. The fraction of sp³-hybridized carbons (Fsp3) is 0.182. The molecule has 0 saturated heterocycles. The van der Waals surface area contributed by atoms with Crippen LogP contribution in [0.2, 0.25) is 0 Å². The van der Waals surface area contributed by atoms with Crippen LogP contribution in [0.1, 0.15) is 16.7 Å². The fourth-order valence-corrected chi connectivity index (χ4v) is 4.10. The van der Waals surface area contributed by atoms with Crippen molar-refractivity contribution in [3.63, 3.8) is 0 Å². The number of carbonyl (C=O) groups excluding carboxylic acids is 2. The molecule has 0 unspecified atom stereocenters. The molecule has 0 radical (unpaired) electrons. The van der Waals surface area contributed by atoms with E-state index in [1.807, 2.05) is 84.9 Å². The Bertz CT molecular complexity index is 1450. The van der Waals surface area contributed by atoms with Gasteiger partial charge in [0.05, 0.1) is 37.6 Å². The zero-order valence-electron chi connectivity index (χ0n) is 22.1. The van der Waals surface area contributed by atoms with Crippen LogP contribution in [0.25, 0.3) is 11.1 Å². The van der Waals surface area contributed by atoms with E-state index in [1.54, 1.807) is 18.2 Å². The van der Waals surface area contributed by atoms with Gasteiger partial charge in [0.25, 0.3) is 0 Å². The highest BCUT2D eigenvalue weighted by molar-refractivity contribution is 5.79. The van der Waals surface area contributed by atoms with Gasteiger partial charge in [0.15, 0.2) is 0 Å². The smallest absolute Gasteiger partial charge is 0.224 e. The minimum absolute atomic E-state index is 0.0603. The second kappa shape index (κ2) is 14.7. The zero-order chi connectivity index (χ0) is 28.0. The number of ether oxygens (including phenoxy) is 2. The molecule has 0 bridgehead atoms. The molecule has 2 N–H and O–H groups in total. The van der Waals surface area contributed by atoms with Crippen molar-refractivity contribution >= 4 is 11.8 Å². The number of nitrogens with zero attached hydrogens (tertiary/aromatic N) is 1. The Labute approximate surface area is 234 Å². The Hall–Kier alpha value is -5.09. The van der Waals surface area contributed by atoms with Crippen LogP contribution in [-0.4, -0.2) is 38.1 Å². The first kappa shape index (κ1) is 27.9. The van der Waals surface area contributed by atoms with Crippen molar-refractivity contribution in [3.05, 3.63) is 120 Å². The lowest BCUT2D eigenvalue weighted by Gasteiger charge is -2.14. The summed E-state index contributed by atoms with van der Waals surface area (Å²) in [6, 6.07) is 34.0. The SMILES string of the molecule is N#Cc1ccc(OCCNC(=O)Cc2ccccc2)c(-c2cccc(OCCNC(=O)Cc3ccccc3)c2)c1. The summed E-state index contributed by atoms with van der Waals surface area (Å²) in [4.78, 5) is 24.4. The van der Waals surface area contributed by atoms with Gasteiger partial charge in [-0.25, -0.2) is 0 Å². The third-order valence-corrected chi connectivity index (χ3v) is 6.04. The Morgan fingerprint density at radius 1 is 0.675 bits per heavy atom. The van der Waals surface area contributed by atoms with Crippen LogP contribution in [-0.2, 0) is 22.4 Å². The minimum atomic E-state index is -0.0732. The van der Waals surface area contributed by atoms with E-state index in [9.17, 15) is 14.9 Å². The molecule has 0 aliphatic rings. The van der Waals surface area contributed by atoms with Crippen LogP contribution in [0, 0.1) is 11.3 Å². The normalized spacial score (nSPS) is 10.3. The molecule has 40 heavy (non-hydrogen) atoms. The van der Waals surface area contributed by atoms with Gasteiger partial charge in [-0.05, 0) is 47.0 Å². The van der Waals surface area contributed by atoms with Crippen LogP contribution in [0.15, 0.2) is 103 Å². The standard InChI is InChI=1S/C33H31N3O4/c34-24-27-14-15-31(40-19-17-36-33(38)22-26-10-5-2-6-11-26)30(20-27)28-12-7-13-29(23-28)39-18-16-35-32(37)21-25-8-3-1-4-9-25/h1-15,20,23H,16-19,21-22H2,(H,35,37)(H,36,38). The summed E-state index contributed by atoms with van der Waals surface area (Å²) in [5.41, 5.74) is 3.99. The monoisotopic (exact) mass is 533 g/mol. The third-order valence-electron chi connectivity index (χ3n) is 6.04. The number of hydrogen-bond acceptors (Lipinski definition) is 5. The first-order valence-electron chi connectivity index (χ1n) is 13.1. The summed E-state index contributed by atoms with van der Waals surface area (Å²) >= 11 is 0. The van der Waals surface area contributed by atoms with Gasteiger partial charge in [0.1, 0.15) is 24.7 Å². The Kier molecular flexibility index (Phi) is 10.3. The number of amides is 2. The Morgan fingerprint density at radius 3 is 1.88 bits per heavy atom. The van der Waals surface area contributed by atoms with E-state index in [2.05, 4.69) is 16.7 Å². The highest BCUT2D eigenvalue weighted by atomic mass is 16.5. The first-order chi connectivity index (χ1) is 19.6. The van der Waals surface area contributed by atoms with E-state index in [4.69, 9.17) is 9.47 Å². The fourth-order valence-electron chi connectivity index (χ4n) is 4.10. The third kappa shape index (κ3) is 8.74. The van der Waals surface area contributed by atoms with Crippen LogP contribution >= 0.6 is 0 Å². The average molecular weight is 534 g/mol. The molecule has 0 heterocycles. The summed E-state index contributed by atoms with van der Waals surface area (Å²) in [6.07, 6.45) is 0.636. The summed E-state index contributed by atoms with van der Waals surface area (Å²) in [5.74, 6) is 1.10. The summed E-state index contributed by atoms with van der Waals surface area (Å²) in [5, 5.41) is 15.2. The van der Waals surface area contributed by atoms with E-state index in [1.165, 1.54) is 0 Å². The number of carbonyl (C=O) groups is 2. The van der Waals surface area contributed by atoms with Crippen molar-refractivity contribution in [2.24, 2.45) is 0 Å². The molecule has 0 atom stereocenters. The molecule has 0 aromatic heterocycles.